The first-order chi connectivity index (χ1) is 13.2. The van der Waals surface area contributed by atoms with E-state index in [1.54, 1.807) is 26.0 Å². The van der Waals surface area contributed by atoms with Gasteiger partial charge in [-0.05, 0) is 36.4 Å². The number of anilines is 1. The number of hydrogen-bond acceptors (Lipinski definition) is 6. The maximum atomic E-state index is 12.9. The first-order valence-electron chi connectivity index (χ1n) is 9.16. The van der Waals surface area contributed by atoms with Gasteiger partial charge in [0.15, 0.2) is 0 Å². The molecular formula is C18H26BN3O6. The Labute approximate surface area is 164 Å². The highest BCUT2D eigenvalue weighted by molar-refractivity contribution is 6.58. The van der Waals surface area contributed by atoms with E-state index in [1.165, 1.54) is 24.1 Å². The zero-order chi connectivity index (χ0) is 20.8. The highest BCUT2D eigenvalue weighted by atomic mass is 16.5. The lowest BCUT2D eigenvalue weighted by Crippen LogP contribution is -2.54. The van der Waals surface area contributed by atoms with Crippen molar-refractivity contribution in [3.8, 4) is 0 Å². The lowest BCUT2D eigenvalue weighted by Gasteiger charge is -2.30. The van der Waals surface area contributed by atoms with Crippen LogP contribution in [0, 0.1) is 5.92 Å². The summed E-state index contributed by atoms with van der Waals surface area (Å²) in [5, 5.41) is 23.5. The zero-order valence-electron chi connectivity index (χ0n) is 16.2. The molecule has 3 amide bonds. The van der Waals surface area contributed by atoms with Gasteiger partial charge in [0, 0.05) is 12.2 Å². The van der Waals surface area contributed by atoms with Crippen LogP contribution in [0.15, 0.2) is 24.3 Å². The fraction of sp³-hybridized carbons (Fsp3) is 0.500. The van der Waals surface area contributed by atoms with Crippen LogP contribution in [0.1, 0.15) is 26.7 Å². The first kappa shape index (κ1) is 21.7. The average Bonchev–Trinajstić information content (AvgIpc) is 3.15. The average molecular weight is 391 g/mol. The third-order valence-electron chi connectivity index (χ3n) is 4.71. The summed E-state index contributed by atoms with van der Waals surface area (Å²) in [6.45, 7) is 4.04. The highest BCUT2D eigenvalue weighted by Crippen LogP contribution is 2.22. The SMILES string of the molecule is COC(=O)N[C@H](C(=O)N1CCC[C@H]1C(=O)Nc1ccc(B(O)O)cc1)C(C)C. The van der Waals surface area contributed by atoms with Crippen molar-refractivity contribution in [1.29, 1.82) is 0 Å². The van der Waals surface area contributed by atoms with E-state index in [9.17, 15) is 14.4 Å². The van der Waals surface area contributed by atoms with E-state index in [-0.39, 0.29) is 17.7 Å². The molecule has 2 atom stereocenters. The number of ether oxygens (including phenoxy) is 1. The van der Waals surface area contributed by atoms with Gasteiger partial charge in [-0.15, -0.1) is 0 Å². The number of methoxy groups -OCH3 is 1. The first-order valence-corrected chi connectivity index (χ1v) is 9.16. The van der Waals surface area contributed by atoms with Gasteiger partial charge in [0.05, 0.1) is 7.11 Å². The number of likely N-dealkylation sites (tertiary alicyclic amines) is 1. The van der Waals surface area contributed by atoms with Gasteiger partial charge in [-0.3, -0.25) is 9.59 Å². The van der Waals surface area contributed by atoms with Gasteiger partial charge in [-0.2, -0.15) is 0 Å². The van der Waals surface area contributed by atoms with Crippen LogP contribution >= 0.6 is 0 Å². The minimum atomic E-state index is -1.58. The molecule has 1 aliphatic heterocycles. The minimum Gasteiger partial charge on any atom is -0.453 e. The van der Waals surface area contributed by atoms with Gasteiger partial charge in [0.25, 0.3) is 0 Å². The number of benzene rings is 1. The van der Waals surface area contributed by atoms with Crippen molar-refractivity contribution < 1.29 is 29.2 Å². The summed E-state index contributed by atoms with van der Waals surface area (Å²) in [4.78, 5) is 38.7. The molecular weight excluding hydrogens is 365 g/mol. The number of nitrogens with zero attached hydrogens (tertiary/aromatic N) is 1. The summed E-state index contributed by atoms with van der Waals surface area (Å²) in [5.74, 6) is -0.825. The van der Waals surface area contributed by atoms with E-state index in [4.69, 9.17) is 10.0 Å². The second-order valence-electron chi connectivity index (χ2n) is 7.03. The van der Waals surface area contributed by atoms with Crippen LogP contribution in [0.2, 0.25) is 0 Å². The quantitative estimate of drug-likeness (QED) is 0.492. The molecule has 10 heteroatoms. The van der Waals surface area contributed by atoms with E-state index in [2.05, 4.69) is 15.4 Å². The minimum absolute atomic E-state index is 0.173. The summed E-state index contributed by atoms with van der Waals surface area (Å²) < 4.78 is 4.59. The number of amides is 3. The van der Waals surface area contributed by atoms with Crippen molar-refractivity contribution in [3.05, 3.63) is 24.3 Å². The zero-order valence-corrected chi connectivity index (χ0v) is 16.2. The molecule has 28 heavy (non-hydrogen) atoms. The van der Waals surface area contributed by atoms with Crippen molar-refractivity contribution in [2.45, 2.75) is 38.8 Å². The third kappa shape index (κ3) is 5.23. The number of nitrogens with one attached hydrogen (secondary N) is 2. The predicted octanol–water partition coefficient (Wildman–Crippen LogP) is -0.323. The van der Waals surface area contributed by atoms with E-state index in [0.717, 1.165) is 0 Å². The molecule has 0 aliphatic carbocycles. The molecule has 152 valence electrons. The number of rotatable bonds is 6. The number of carbonyl (C=O) groups excluding carboxylic acids is 3. The Morgan fingerprint density at radius 2 is 1.86 bits per heavy atom. The predicted molar refractivity (Wildman–Crippen MR) is 104 cm³/mol. The highest BCUT2D eigenvalue weighted by Gasteiger charge is 2.38. The molecule has 1 aromatic carbocycles. The van der Waals surface area contributed by atoms with Crippen LogP contribution in [-0.4, -0.2) is 65.7 Å². The van der Waals surface area contributed by atoms with Gasteiger partial charge in [0.2, 0.25) is 11.8 Å². The van der Waals surface area contributed by atoms with Crippen LogP contribution < -0.4 is 16.1 Å². The van der Waals surface area contributed by atoms with Crippen molar-refractivity contribution in [2.75, 3.05) is 19.0 Å². The van der Waals surface area contributed by atoms with Crippen LogP contribution in [0.25, 0.3) is 0 Å². The van der Waals surface area contributed by atoms with Gasteiger partial charge < -0.3 is 30.3 Å². The second kappa shape index (κ2) is 9.56. The summed E-state index contributed by atoms with van der Waals surface area (Å²) in [6.07, 6.45) is 0.509. The molecule has 9 nitrogen and oxygen atoms in total. The number of hydrogen-bond donors (Lipinski definition) is 4. The molecule has 1 aliphatic rings. The summed E-state index contributed by atoms with van der Waals surface area (Å²) in [7, 11) is -0.354. The molecule has 0 bridgehead atoms. The topological polar surface area (TPSA) is 128 Å². The molecule has 0 radical (unpaired) electrons. The Morgan fingerprint density at radius 1 is 1.21 bits per heavy atom. The Bertz CT molecular complexity index is 710. The number of carbonyl (C=O) groups is 3. The van der Waals surface area contributed by atoms with Crippen molar-refractivity contribution in [2.24, 2.45) is 5.92 Å². The second-order valence-corrected chi connectivity index (χ2v) is 7.03. The van der Waals surface area contributed by atoms with Crippen LogP contribution in [-0.2, 0) is 14.3 Å². The Hall–Kier alpha value is -2.59. The molecule has 1 saturated heterocycles. The lowest BCUT2D eigenvalue weighted by atomic mass is 9.80. The van der Waals surface area contributed by atoms with E-state index in [1.807, 2.05) is 0 Å². The maximum absolute atomic E-state index is 12.9. The van der Waals surface area contributed by atoms with Crippen LogP contribution in [0.4, 0.5) is 10.5 Å². The van der Waals surface area contributed by atoms with Crippen molar-refractivity contribution >= 4 is 36.2 Å². The standard InChI is InChI=1S/C18H26BN3O6/c1-11(2)15(21-18(25)28-3)17(24)22-10-4-5-14(22)16(23)20-13-8-6-12(7-9-13)19(26)27/h6-9,11,14-15,26-27H,4-5,10H2,1-3H3,(H,20,23)(H,21,25)/t14-,15-/m0/s1. The maximum Gasteiger partial charge on any atom is 0.488 e. The van der Waals surface area contributed by atoms with Crippen LogP contribution in [0.5, 0.6) is 0 Å². The summed E-state index contributed by atoms with van der Waals surface area (Å²) in [6, 6.07) is 4.68. The van der Waals surface area contributed by atoms with E-state index in [0.29, 0.717) is 30.5 Å². The molecule has 0 saturated carbocycles. The van der Waals surface area contributed by atoms with E-state index < -0.39 is 25.3 Å². The van der Waals surface area contributed by atoms with Gasteiger partial charge in [-0.25, -0.2) is 4.79 Å². The molecule has 0 spiro atoms. The summed E-state index contributed by atoms with van der Waals surface area (Å²) in [5.41, 5.74) is 0.797. The lowest BCUT2D eigenvalue weighted by molar-refractivity contribution is -0.139. The molecule has 2 rings (SSSR count). The van der Waals surface area contributed by atoms with Gasteiger partial charge in [-0.1, -0.05) is 26.0 Å². The molecule has 1 aromatic rings. The summed E-state index contributed by atoms with van der Waals surface area (Å²) >= 11 is 0. The molecule has 4 N–H and O–H groups in total. The fourth-order valence-electron chi connectivity index (χ4n) is 3.15. The Balaban J connectivity index is 2.08. The molecule has 0 aromatic heterocycles. The fourth-order valence-corrected chi connectivity index (χ4v) is 3.15. The van der Waals surface area contributed by atoms with Gasteiger partial charge >= 0.3 is 13.2 Å². The van der Waals surface area contributed by atoms with Crippen molar-refractivity contribution in [1.82, 2.24) is 10.2 Å². The number of alkyl carbamates (subject to hydrolysis) is 1. The molecule has 1 fully saturated rings. The normalized spacial score (nSPS) is 17.2. The smallest absolute Gasteiger partial charge is 0.453 e. The molecule has 0 unspecified atom stereocenters. The van der Waals surface area contributed by atoms with Crippen LogP contribution in [0.3, 0.4) is 0 Å². The Kier molecular flexibility index (Phi) is 7.41. The van der Waals surface area contributed by atoms with E-state index >= 15 is 0 Å². The largest absolute Gasteiger partial charge is 0.488 e. The third-order valence-corrected chi connectivity index (χ3v) is 4.71. The van der Waals surface area contributed by atoms with Gasteiger partial charge in [0.1, 0.15) is 12.1 Å². The Morgan fingerprint density at radius 3 is 2.39 bits per heavy atom. The molecule has 1 heterocycles. The monoisotopic (exact) mass is 391 g/mol. The van der Waals surface area contributed by atoms with Crippen molar-refractivity contribution in [3.63, 3.8) is 0 Å².